The Bertz CT molecular complexity index is 397. The van der Waals surface area contributed by atoms with Crippen molar-refractivity contribution in [1.82, 2.24) is 15.2 Å². The molecule has 0 saturated heterocycles. The smallest absolute Gasteiger partial charge is 0.0897 e. The number of rotatable bonds is 8. The maximum atomic E-state index is 4.53. The van der Waals surface area contributed by atoms with Crippen LogP contribution in [0.3, 0.4) is 0 Å². The molecule has 1 aromatic heterocycles. The molecule has 0 radical (unpaired) electrons. The number of nitrogens with zero attached hydrogens (tertiary/aromatic N) is 2. The highest BCUT2D eigenvalue weighted by molar-refractivity contribution is 7.09. The van der Waals surface area contributed by atoms with Crippen molar-refractivity contribution in [1.29, 1.82) is 0 Å². The van der Waals surface area contributed by atoms with Crippen LogP contribution < -0.4 is 5.32 Å². The van der Waals surface area contributed by atoms with Gasteiger partial charge in [-0.1, -0.05) is 0 Å². The number of hydrogen-bond acceptors (Lipinski definition) is 4. The van der Waals surface area contributed by atoms with Crippen LogP contribution in [-0.4, -0.2) is 36.1 Å². The molecule has 0 unspecified atom stereocenters. The molecule has 0 atom stereocenters. The van der Waals surface area contributed by atoms with E-state index in [1.54, 1.807) is 11.3 Å². The summed E-state index contributed by atoms with van der Waals surface area (Å²) >= 11 is 1.75. The van der Waals surface area contributed by atoms with Crippen molar-refractivity contribution in [2.24, 2.45) is 11.8 Å². The van der Waals surface area contributed by atoms with E-state index in [-0.39, 0.29) is 0 Å². The van der Waals surface area contributed by atoms with Crippen LogP contribution >= 0.6 is 11.3 Å². The number of likely N-dealkylation sites (N-methyl/N-ethyl adjacent to an activating group) is 1. The molecule has 106 valence electrons. The van der Waals surface area contributed by atoms with Gasteiger partial charge in [-0.05, 0) is 51.5 Å². The van der Waals surface area contributed by atoms with Crippen molar-refractivity contribution in [3.63, 3.8) is 0 Å². The van der Waals surface area contributed by atoms with E-state index in [1.807, 2.05) is 0 Å². The van der Waals surface area contributed by atoms with Crippen molar-refractivity contribution in [3.05, 3.63) is 16.1 Å². The summed E-state index contributed by atoms with van der Waals surface area (Å²) in [6.45, 7) is 5.29. The molecule has 3 rings (SSSR count). The normalized spacial score (nSPS) is 19.6. The third-order valence-corrected chi connectivity index (χ3v) is 5.05. The van der Waals surface area contributed by atoms with E-state index in [1.165, 1.54) is 36.4 Å². The summed E-state index contributed by atoms with van der Waals surface area (Å²) in [6, 6.07) is 0.829. The molecule has 0 spiro atoms. The Labute approximate surface area is 120 Å². The lowest BCUT2D eigenvalue weighted by atomic mass is 10.1. The summed E-state index contributed by atoms with van der Waals surface area (Å²) in [4.78, 5) is 6.90. The van der Waals surface area contributed by atoms with Crippen LogP contribution in [0.2, 0.25) is 0 Å². The maximum Gasteiger partial charge on any atom is 0.0897 e. The quantitative estimate of drug-likeness (QED) is 0.793. The van der Waals surface area contributed by atoms with Crippen molar-refractivity contribution in [3.8, 4) is 0 Å². The Morgan fingerprint density at radius 1 is 1.37 bits per heavy atom. The molecule has 1 N–H and O–H groups in total. The Hall–Kier alpha value is -0.450. The molecule has 3 nitrogen and oxygen atoms in total. The Morgan fingerprint density at radius 3 is 2.58 bits per heavy atom. The van der Waals surface area contributed by atoms with Gasteiger partial charge in [-0.25, -0.2) is 4.98 Å². The number of aryl methyl sites for hydroxylation is 1. The molecule has 2 fully saturated rings. The van der Waals surface area contributed by atoms with Gasteiger partial charge in [0.05, 0.1) is 10.7 Å². The maximum absolute atomic E-state index is 4.53. The molecule has 4 heteroatoms. The number of nitrogens with one attached hydrogen (secondary N) is 1. The fourth-order valence-electron chi connectivity index (χ4n) is 2.89. The largest absolute Gasteiger partial charge is 0.312 e. The molecule has 0 aliphatic heterocycles. The second-order valence-electron chi connectivity index (χ2n) is 6.25. The summed E-state index contributed by atoms with van der Waals surface area (Å²) in [5.41, 5.74) is 1.21. The lowest BCUT2D eigenvalue weighted by Crippen LogP contribution is -2.38. The van der Waals surface area contributed by atoms with Gasteiger partial charge >= 0.3 is 0 Å². The minimum Gasteiger partial charge on any atom is -0.312 e. The number of thiazole rings is 1. The van der Waals surface area contributed by atoms with Gasteiger partial charge < -0.3 is 5.32 Å². The molecular formula is C15H25N3S. The van der Waals surface area contributed by atoms with Gasteiger partial charge in [-0.2, -0.15) is 0 Å². The van der Waals surface area contributed by atoms with Crippen LogP contribution in [0.5, 0.6) is 0 Å². The summed E-state index contributed by atoms with van der Waals surface area (Å²) in [6.07, 6.45) is 5.84. The zero-order chi connectivity index (χ0) is 13.2. The molecular weight excluding hydrogens is 254 g/mol. The Morgan fingerprint density at radius 2 is 2.05 bits per heavy atom. The lowest BCUT2D eigenvalue weighted by Gasteiger charge is -2.21. The van der Waals surface area contributed by atoms with Crippen molar-refractivity contribution >= 4 is 11.3 Å². The molecule has 2 aliphatic rings. The van der Waals surface area contributed by atoms with E-state index in [2.05, 4.69) is 34.6 Å². The second-order valence-corrected chi connectivity index (χ2v) is 7.31. The van der Waals surface area contributed by atoms with Crippen LogP contribution in [0, 0.1) is 18.8 Å². The Kier molecular flexibility index (Phi) is 4.20. The van der Waals surface area contributed by atoms with E-state index < -0.39 is 0 Å². The molecule has 0 amide bonds. The van der Waals surface area contributed by atoms with Crippen LogP contribution in [0.25, 0.3) is 0 Å². The van der Waals surface area contributed by atoms with Gasteiger partial charge in [0.2, 0.25) is 0 Å². The van der Waals surface area contributed by atoms with Gasteiger partial charge in [0, 0.05) is 31.1 Å². The van der Waals surface area contributed by atoms with Gasteiger partial charge in [-0.15, -0.1) is 11.3 Å². The van der Waals surface area contributed by atoms with E-state index in [4.69, 9.17) is 0 Å². The number of aromatic nitrogens is 1. The van der Waals surface area contributed by atoms with E-state index in [0.29, 0.717) is 0 Å². The van der Waals surface area contributed by atoms with Gasteiger partial charge in [0.1, 0.15) is 0 Å². The summed E-state index contributed by atoms with van der Waals surface area (Å²) in [5, 5.41) is 7.15. The van der Waals surface area contributed by atoms with Crippen LogP contribution in [-0.2, 0) is 6.54 Å². The van der Waals surface area contributed by atoms with Gasteiger partial charge in [0.15, 0.2) is 0 Å². The van der Waals surface area contributed by atoms with Crippen LogP contribution in [0.15, 0.2) is 5.38 Å². The van der Waals surface area contributed by atoms with Crippen molar-refractivity contribution in [2.45, 2.75) is 45.2 Å². The standard InChI is InChI=1S/C15H25N3S/c1-11-17-14(10-19-11)9-18(2)8-7-16-15(12-3-4-12)13-5-6-13/h10,12-13,15-16H,3-9H2,1-2H3. The van der Waals surface area contributed by atoms with Crippen LogP contribution in [0.4, 0.5) is 0 Å². The Balaban J connectivity index is 1.36. The van der Waals surface area contributed by atoms with Crippen molar-refractivity contribution < 1.29 is 0 Å². The predicted molar refractivity (Wildman–Crippen MR) is 80.4 cm³/mol. The average Bonchev–Trinajstić information content (AvgIpc) is 3.26. The summed E-state index contributed by atoms with van der Waals surface area (Å²) in [7, 11) is 2.19. The van der Waals surface area contributed by atoms with Gasteiger partial charge in [-0.3, -0.25) is 4.90 Å². The molecule has 0 aromatic carbocycles. The summed E-state index contributed by atoms with van der Waals surface area (Å²) < 4.78 is 0. The highest BCUT2D eigenvalue weighted by atomic mass is 32.1. The molecule has 1 aromatic rings. The predicted octanol–water partition coefficient (Wildman–Crippen LogP) is 2.66. The first kappa shape index (κ1) is 13.5. The van der Waals surface area contributed by atoms with Crippen LogP contribution in [0.1, 0.15) is 36.4 Å². The number of hydrogen-bond donors (Lipinski definition) is 1. The fourth-order valence-corrected chi connectivity index (χ4v) is 3.49. The first-order valence-electron chi connectivity index (χ1n) is 7.55. The molecule has 0 bridgehead atoms. The zero-order valence-corrected chi connectivity index (χ0v) is 12.9. The van der Waals surface area contributed by atoms with Gasteiger partial charge in [0.25, 0.3) is 0 Å². The monoisotopic (exact) mass is 279 g/mol. The average molecular weight is 279 g/mol. The zero-order valence-electron chi connectivity index (χ0n) is 12.1. The minimum absolute atomic E-state index is 0.829. The SMILES string of the molecule is Cc1nc(CN(C)CCNC(C2CC2)C2CC2)cs1. The first-order chi connectivity index (χ1) is 9.22. The first-order valence-corrected chi connectivity index (χ1v) is 8.43. The molecule has 2 aliphatic carbocycles. The topological polar surface area (TPSA) is 28.2 Å². The molecule has 2 saturated carbocycles. The fraction of sp³-hybridized carbons (Fsp3) is 0.800. The van der Waals surface area contributed by atoms with Crippen molar-refractivity contribution in [2.75, 3.05) is 20.1 Å². The highest BCUT2D eigenvalue weighted by Crippen LogP contribution is 2.44. The minimum atomic E-state index is 0.829. The second kappa shape index (κ2) is 5.90. The van der Waals surface area contributed by atoms with E-state index in [0.717, 1.165) is 37.5 Å². The lowest BCUT2D eigenvalue weighted by molar-refractivity contribution is 0.303. The molecule has 1 heterocycles. The third kappa shape index (κ3) is 4.01. The molecule has 19 heavy (non-hydrogen) atoms. The summed E-state index contributed by atoms with van der Waals surface area (Å²) in [5.74, 6) is 2.00. The van der Waals surface area contributed by atoms with E-state index in [9.17, 15) is 0 Å². The van der Waals surface area contributed by atoms with E-state index >= 15 is 0 Å². The third-order valence-electron chi connectivity index (χ3n) is 4.23. The highest BCUT2D eigenvalue weighted by Gasteiger charge is 2.40.